The predicted molar refractivity (Wildman–Crippen MR) is 127 cm³/mol. The molecule has 4 aromatic heterocycles. The number of anilines is 1. The lowest BCUT2D eigenvalue weighted by Gasteiger charge is -2.13. The fraction of sp³-hybridized carbons (Fsp3) is 0.318. The van der Waals surface area contributed by atoms with Gasteiger partial charge in [-0.1, -0.05) is 18.3 Å². The second kappa shape index (κ2) is 8.44. The van der Waals surface area contributed by atoms with Gasteiger partial charge in [-0.2, -0.15) is 5.10 Å². The summed E-state index contributed by atoms with van der Waals surface area (Å²) in [7, 11) is 3.69. The molecule has 5 rings (SSSR count). The Morgan fingerprint density at radius 3 is 2.88 bits per heavy atom. The summed E-state index contributed by atoms with van der Waals surface area (Å²) in [6.07, 6.45) is 2.95. The van der Waals surface area contributed by atoms with Gasteiger partial charge in [-0.3, -0.25) is 0 Å². The largest absolute Gasteiger partial charge is 0.496 e. The average Bonchev–Trinajstić information content (AvgIpc) is 3.54. The zero-order chi connectivity index (χ0) is 22.2. The quantitative estimate of drug-likeness (QED) is 0.301. The molecule has 0 atom stereocenters. The van der Waals surface area contributed by atoms with E-state index in [2.05, 4.69) is 29.0 Å². The van der Waals surface area contributed by atoms with Crippen molar-refractivity contribution in [2.75, 3.05) is 25.6 Å². The topological polar surface area (TPSA) is 77.9 Å². The first kappa shape index (κ1) is 20.8. The van der Waals surface area contributed by atoms with Crippen LogP contribution in [0.4, 0.5) is 5.13 Å². The van der Waals surface area contributed by atoms with Crippen LogP contribution in [-0.4, -0.2) is 40.3 Å². The second-order valence-corrected chi connectivity index (χ2v) is 9.45. The maximum atomic E-state index is 6.16. The standard InChI is InChI=1S/C22H23N5O3S2/c1-5-6-26(3)21-23-14(12-31-21)11-29-18-7-15(28-4)8-19-16(18)9-20(30-19)17-10-27-22(24-17)32-13(2)25-27/h7-10,12H,5-6,11H2,1-4H3. The minimum absolute atomic E-state index is 0.364. The molecule has 0 saturated carbocycles. The van der Waals surface area contributed by atoms with Crippen LogP contribution in [-0.2, 0) is 6.61 Å². The Labute approximate surface area is 193 Å². The fourth-order valence-electron chi connectivity index (χ4n) is 3.49. The van der Waals surface area contributed by atoms with Gasteiger partial charge in [0.15, 0.2) is 10.9 Å². The number of fused-ring (bicyclic) bond motifs is 2. The van der Waals surface area contributed by atoms with Crippen molar-refractivity contribution in [1.82, 2.24) is 19.6 Å². The maximum absolute atomic E-state index is 6.16. The van der Waals surface area contributed by atoms with E-state index in [0.29, 0.717) is 29.4 Å². The van der Waals surface area contributed by atoms with Crippen LogP contribution in [0.3, 0.4) is 0 Å². The molecular formula is C22H23N5O3S2. The molecule has 0 bridgehead atoms. The van der Waals surface area contributed by atoms with Crippen molar-refractivity contribution in [3.05, 3.63) is 40.5 Å². The van der Waals surface area contributed by atoms with Gasteiger partial charge in [0, 0.05) is 31.1 Å². The zero-order valence-corrected chi connectivity index (χ0v) is 19.9. The van der Waals surface area contributed by atoms with Crippen LogP contribution >= 0.6 is 22.7 Å². The van der Waals surface area contributed by atoms with Gasteiger partial charge in [-0.25, -0.2) is 14.5 Å². The van der Waals surface area contributed by atoms with Gasteiger partial charge in [-0.05, 0) is 19.4 Å². The van der Waals surface area contributed by atoms with Gasteiger partial charge in [0.25, 0.3) is 0 Å². The SMILES string of the molecule is CCCN(C)c1nc(COc2cc(OC)cc3oc(-c4cn5nc(C)sc5n4)cc23)cs1. The number of thiazole rings is 1. The van der Waals surface area contributed by atoms with E-state index in [0.717, 1.165) is 44.8 Å². The smallest absolute Gasteiger partial charge is 0.212 e. The molecule has 5 aromatic rings. The molecule has 0 aliphatic heterocycles. The van der Waals surface area contributed by atoms with Crippen molar-refractivity contribution in [2.24, 2.45) is 0 Å². The van der Waals surface area contributed by atoms with Gasteiger partial charge in [-0.15, -0.1) is 11.3 Å². The van der Waals surface area contributed by atoms with Crippen molar-refractivity contribution < 1.29 is 13.9 Å². The highest BCUT2D eigenvalue weighted by Crippen LogP contribution is 2.37. The number of imidazole rings is 1. The van der Waals surface area contributed by atoms with E-state index < -0.39 is 0 Å². The van der Waals surface area contributed by atoms with Gasteiger partial charge in [0.1, 0.15) is 34.4 Å². The summed E-state index contributed by atoms with van der Waals surface area (Å²) in [6, 6.07) is 5.67. The molecule has 1 aromatic carbocycles. The molecule has 0 aliphatic carbocycles. The van der Waals surface area contributed by atoms with Crippen molar-refractivity contribution in [1.29, 1.82) is 0 Å². The van der Waals surface area contributed by atoms with Crippen molar-refractivity contribution in [2.45, 2.75) is 26.9 Å². The number of hydrogen-bond donors (Lipinski definition) is 0. The molecule has 4 heterocycles. The summed E-state index contributed by atoms with van der Waals surface area (Å²) in [5.41, 5.74) is 2.30. The van der Waals surface area contributed by atoms with E-state index in [-0.39, 0.29) is 0 Å². The van der Waals surface area contributed by atoms with E-state index in [1.165, 1.54) is 0 Å². The third-order valence-electron chi connectivity index (χ3n) is 5.01. The third kappa shape index (κ3) is 3.91. The van der Waals surface area contributed by atoms with E-state index >= 15 is 0 Å². The summed E-state index contributed by atoms with van der Waals surface area (Å²) in [4.78, 5) is 12.3. The van der Waals surface area contributed by atoms with Crippen LogP contribution in [0.15, 0.2) is 34.2 Å². The molecule has 0 radical (unpaired) electrons. The number of aryl methyl sites for hydroxylation is 1. The van der Waals surface area contributed by atoms with Crippen LogP contribution in [0.5, 0.6) is 11.5 Å². The summed E-state index contributed by atoms with van der Waals surface area (Å²) >= 11 is 3.17. The van der Waals surface area contributed by atoms with Crippen LogP contribution in [0.1, 0.15) is 24.0 Å². The first-order chi connectivity index (χ1) is 15.5. The van der Waals surface area contributed by atoms with Crippen molar-refractivity contribution >= 4 is 43.7 Å². The number of rotatable bonds is 8. The van der Waals surface area contributed by atoms with Crippen LogP contribution in [0, 0.1) is 6.92 Å². The lowest BCUT2D eigenvalue weighted by Crippen LogP contribution is -2.17. The predicted octanol–water partition coefficient (Wildman–Crippen LogP) is 5.40. The molecule has 0 unspecified atom stereocenters. The Morgan fingerprint density at radius 1 is 1.22 bits per heavy atom. The Balaban J connectivity index is 1.43. The number of furan rings is 1. The van der Waals surface area contributed by atoms with Crippen LogP contribution in [0.2, 0.25) is 0 Å². The number of aromatic nitrogens is 4. The monoisotopic (exact) mass is 469 g/mol. The molecule has 166 valence electrons. The highest BCUT2D eigenvalue weighted by atomic mass is 32.1. The minimum atomic E-state index is 0.364. The molecule has 8 nitrogen and oxygen atoms in total. The molecule has 0 saturated heterocycles. The van der Waals surface area contributed by atoms with Crippen molar-refractivity contribution in [3.63, 3.8) is 0 Å². The molecule has 0 fully saturated rings. The second-order valence-electron chi connectivity index (χ2n) is 7.45. The normalized spacial score (nSPS) is 11.5. The van der Waals surface area contributed by atoms with Crippen molar-refractivity contribution in [3.8, 4) is 23.0 Å². The first-order valence-corrected chi connectivity index (χ1v) is 12.0. The minimum Gasteiger partial charge on any atom is -0.496 e. The summed E-state index contributed by atoms with van der Waals surface area (Å²) in [5.74, 6) is 2.00. The highest BCUT2D eigenvalue weighted by Gasteiger charge is 2.17. The Hall–Kier alpha value is -3.11. The number of ether oxygens (including phenoxy) is 2. The van der Waals surface area contributed by atoms with E-state index in [1.807, 2.05) is 36.7 Å². The molecule has 32 heavy (non-hydrogen) atoms. The molecule has 0 spiro atoms. The molecule has 0 aliphatic rings. The summed E-state index contributed by atoms with van der Waals surface area (Å²) < 4.78 is 19.5. The lowest BCUT2D eigenvalue weighted by molar-refractivity contribution is 0.303. The van der Waals surface area contributed by atoms with Gasteiger partial charge >= 0.3 is 0 Å². The Kier molecular flexibility index (Phi) is 5.48. The Bertz CT molecular complexity index is 1350. The molecule has 0 N–H and O–H groups in total. The first-order valence-electron chi connectivity index (χ1n) is 10.3. The summed E-state index contributed by atoms with van der Waals surface area (Å²) in [5, 5.41) is 9.28. The molecular weight excluding hydrogens is 446 g/mol. The zero-order valence-electron chi connectivity index (χ0n) is 18.3. The summed E-state index contributed by atoms with van der Waals surface area (Å²) in [6.45, 7) is 5.46. The van der Waals surface area contributed by atoms with Gasteiger partial charge < -0.3 is 18.8 Å². The number of benzene rings is 1. The third-order valence-corrected chi connectivity index (χ3v) is 6.85. The molecule has 0 amide bonds. The number of methoxy groups -OCH3 is 1. The van der Waals surface area contributed by atoms with Crippen LogP contribution < -0.4 is 14.4 Å². The maximum Gasteiger partial charge on any atom is 0.212 e. The van der Waals surface area contributed by atoms with E-state index in [9.17, 15) is 0 Å². The van der Waals surface area contributed by atoms with Gasteiger partial charge in [0.2, 0.25) is 4.96 Å². The van der Waals surface area contributed by atoms with E-state index in [4.69, 9.17) is 18.9 Å². The fourth-order valence-corrected chi connectivity index (χ4v) is 5.01. The van der Waals surface area contributed by atoms with Crippen LogP contribution in [0.25, 0.3) is 27.4 Å². The number of hydrogen-bond acceptors (Lipinski definition) is 9. The number of nitrogens with zero attached hydrogens (tertiary/aromatic N) is 5. The van der Waals surface area contributed by atoms with E-state index in [1.54, 1.807) is 34.3 Å². The lowest BCUT2D eigenvalue weighted by atomic mass is 10.2. The Morgan fingerprint density at radius 2 is 2.09 bits per heavy atom. The molecule has 10 heteroatoms. The average molecular weight is 470 g/mol. The highest BCUT2D eigenvalue weighted by molar-refractivity contribution is 7.16. The van der Waals surface area contributed by atoms with Gasteiger partial charge in [0.05, 0.1) is 24.4 Å².